The first-order chi connectivity index (χ1) is 14.2. The van der Waals surface area contributed by atoms with E-state index in [0.29, 0.717) is 24.2 Å². The number of hydrogen-bond donors (Lipinski definition) is 0. The molecule has 2 heterocycles. The van der Waals surface area contributed by atoms with Crippen molar-refractivity contribution in [2.75, 3.05) is 18.0 Å². The number of carbonyl (C=O) groups is 2. The van der Waals surface area contributed by atoms with E-state index in [4.69, 9.17) is 11.8 Å². The van der Waals surface area contributed by atoms with E-state index in [1.807, 2.05) is 0 Å². The molecule has 0 aliphatic carbocycles. The summed E-state index contributed by atoms with van der Waals surface area (Å²) >= 11 is 6.28. The number of ether oxygens (including phenoxy) is 1. The predicted octanol–water partition coefficient (Wildman–Crippen LogP) is 4.26. The van der Waals surface area contributed by atoms with Crippen LogP contribution in [-0.4, -0.2) is 52.8 Å². The zero-order valence-corrected chi connectivity index (χ0v) is 16.3. The van der Waals surface area contributed by atoms with E-state index >= 15 is 0 Å². The van der Waals surface area contributed by atoms with Crippen LogP contribution in [0.4, 0.5) is 23.7 Å². The molecule has 6 nitrogen and oxygen atoms in total. The van der Waals surface area contributed by atoms with E-state index in [1.54, 1.807) is 35.2 Å². The van der Waals surface area contributed by atoms with E-state index in [-0.39, 0.29) is 36.3 Å². The first-order valence-electron chi connectivity index (χ1n) is 9.21. The number of anilines is 1. The number of fused-ring (bicyclic) bond motifs is 1. The molecule has 10 heteroatoms. The van der Waals surface area contributed by atoms with Gasteiger partial charge in [0.25, 0.3) is 5.91 Å². The van der Waals surface area contributed by atoms with Crippen LogP contribution in [0.25, 0.3) is 0 Å². The normalized spacial score (nSPS) is 21.0. The number of alkyl halides is 3. The van der Waals surface area contributed by atoms with Gasteiger partial charge in [0, 0.05) is 36.1 Å². The summed E-state index contributed by atoms with van der Waals surface area (Å²) in [5.74, 6) is -0.677. The Labute approximate surface area is 175 Å². The second kappa shape index (κ2) is 7.71. The number of urea groups is 1. The van der Waals surface area contributed by atoms with Crippen LogP contribution in [0.5, 0.6) is 5.75 Å². The fraction of sp³-hybridized carbons (Fsp3) is 0.300. The molecular weight excluding hydrogens is 423 g/mol. The van der Waals surface area contributed by atoms with Gasteiger partial charge in [0.1, 0.15) is 5.75 Å². The van der Waals surface area contributed by atoms with E-state index in [1.165, 1.54) is 29.2 Å². The summed E-state index contributed by atoms with van der Waals surface area (Å²) in [6, 6.07) is 13.1. The molecule has 0 bridgehead atoms. The van der Waals surface area contributed by atoms with Gasteiger partial charge in [-0.3, -0.25) is 9.69 Å². The third-order valence-electron chi connectivity index (χ3n) is 5.18. The van der Waals surface area contributed by atoms with Crippen LogP contribution >= 0.6 is 11.8 Å². The summed E-state index contributed by atoms with van der Waals surface area (Å²) in [4.78, 5) is 28.5. The quantitative estimate of drug-likeness (QED) is 0.669. The third-order valence-corrected chi connectivity index (χ3v) is 5.61. The van der Waals surface area contributed by atoms with Crippen molar-refractivity contribution in [3.63, 3.8) is 0 Å². The van der Waals surface area contributed by atoms with Crippen LogP contribution in [0, 0.1) is 0 Å². The zero-order valence-electron chi connectivity index (χ0n) is 15.6. The highest BCUT2D eigenvalue weighted by atomic mass is 35.5. The molecule has 158 valence electrons. The van der Waals surface area contributed by atoms with Crippen molar-refractivity contribution in [2.45, 2.75) is 24.9 Å². The average Bonchev–Trinajstić information content (AvgIpc) is 3.26. The maximum absolute atomic E-state index is 12.8. The lowest BCUT2D eigenvalue weighted by atomic mass is 10.1. The van der Waals surface area contributed by atoms with Gasteiger partial charge >= 0.3 is 12.4 Å². The monoisotopic (exact) mass is 439 g/mol. The number of amides is 3. The van der Waals surface area contributed by atoms with Gasteiger partial charge in [-0.15, -0.1) is 13.2 Å². The van der Waals surface area contributed by atoms with Gasteiger partial charge in [0.15, 0.2) is 0 Å². The number of halogens is 4. The summed E-state index contributed by atoms with van der Waals surface area (Å²) in [5, 5.41) is 0. The van der Waals surface area contributed by atoms with Crippen molar-refractivity contribution in [1.82, 2.24) is 9.32 Å². The van der Waals surface area contributed by atoms with Gasteiger partial charge in [-0.25, -0.2) is 9.21 Å². The Hall–Kier alpha value is -2.94. The van der Waals surface area contributed by atoms with Crippen molar-refractivity contribution in [1.29, 1.82) is 0 Å². The van der Waals surface area contributed by atoms with Crippen molar-refractivity contribution in [3.8, 4) is 5.75 Å². The first kappa shape index (κ1) is 20.3. The fourth-order valence-electron chi connectivity index (χ4n) is 3.82. The topological polar surface area (TPSA) is 53.1 Å². The van der Waals surface area contributed by atoms with Crippen molar-refractivity contribution < 1.29 is 27.5 Å². The first-order valence-corrected chi connectivity index (χ1v) is 9.55. The Morgan fingerprint density at radius 1 is 1.07 bits per heavy atom. The number of rotatable bonds is 4. The Balaban J connectivity index is 1.40. The average molecular weight is 440 g/mol. The highest BCUT2D eigenvalue weighted by Crippen LogP contribution is 2.34. The van der Waals surface area contributed by atoms with Crippen LogP contribution in [0.3, 0.4) is 0 Å². The Morgan fingerprint density at radius 2 is 1.73 bits per heavy atom. The van der Waals surface area contributed by atoms with Crippen LogP contribution in [0.15, 0.2) is 54.6 Å². The molecular formula is C20H17ClF3N3O3. The van der Waals surface area contributed by atoms with Gasteiger partial charge in [-0.2, -0.15) is 0 Å². The molecule has 3 amide bonds. The molecule has 30 heavy (non-hydrogen) atoms. The van der Waals surface area contributed by atoms with Crippen LogP contribution in [0.1, 0.15) is 16.8 Å². The molecule has 0 N–H and O–H groups in total. The molecule has 2 fully saturated rings. The van der Waals surface area contributed by atoms with Crippen molar-refractivity contribution >= 4 is 29.4 Å². The van der Waals surface area contributed by atoms with Gasteiger partial charge in [0.05, 0.1) is 12.1 Å². The Morgan fingerprint density at radius 3 is 2.33 bits per heavy atom. The number of nitrogens with zero attached hydrogens (tertiary/aromatic N) is 3. The Bertz CT molecular complexity index is 940. The molecule has 0 unspecified atom stereocenters. The number of carbonyl (C=O) groups excluding carboxylic acids is 2. The van der Waals surface area contributed by atoms with E-state index < -0.39 is 6.36 Å². The lowest BCUT2D eigenvalue weighted by Gasteiger charge is -2.24. The minimum absolute atomic E-state index is 0.140. The zero-order chi connectivity index (χ0) is 21.5. The summed E-state index contributed by atoms with van der Waals surface area (Å²) < 4.78 is 41.9. The van der Waals surface area contributed by atoms with E-state index in [0.717, 1.165) is 4.42 Å². The molecule has 4 rings (SSSR count). The molecule has 2 saturated heterocycles. The number of hydrogen-bond acceptors (Lipinski definition) is 3. The molecule has 2 aromatic carbocycles. The largest absolute Gasteiger partial charge is 0.573 e. The van der Waals surface area contributed by atoms with Crippen molar-refractivity contribution in [2.24, 2.45) is 0 Å². The molecule has 0 spiro atoms. The SMILES string of the molecule is O=C(c1ccccc1)N(Cl)[C@@H]1C[C@H]2CN(c3ccc(OC(F)(F)F)cc3)C(=O)N2C1. The van der Waals surface area contributed by atoms with Crippen LogP contribution < -0.4 is 9.64 Å². The molecule has 2 aliphatic rings. The molecule has 2 aliphatic heterocycles. The van der Waals surface area contributed by atoms with E-state index in [9.17, 15) is 22.8 Å². The Kier molecular flexibility index (Phi) is 5.23. The summed E-state index contributed by atoms with van der Waals surface area (Å²) in [5.41, 5.74) is 0.942. The van der Waals surface area contributed by atoms with Gasteiger partial charge in [-0.1, -0.05) is 18.2 Å². The highest BCUT2D eigenvalue weighted by Gasteiger charge is 2.47. The maximum Gasteiger partial charge on any atom is 0.573 e. The molecule has 2 aromatic rings. The lowest BCUT2D eigenvalue weighted by molar-refractivity contribution is -0.274. The van der Waals surface area contributed by atoms with Crippen LogP contribution in [0.2, 0.25) is 0 Å². The second-order valence-electron chi connectivity index (χ2n) is 7.11. The van der Waals surface area contributed by atoms with E-state index in [2.05, 4.69) is 4.74 Å². The minimum Gasteiger partial charge on any atom is -0.406 e. The smallest absolute Gasteiger partial charge is 0.406 e. The van der Waals surface area contributed by atoms with Gasteiger partial charge in [0.2, 0.25) is 0 Å². The van der Waals surface area contributed by atoms with Crippen LogP contribution in [-0.2, 0) is 0 Å². The highest BCUT2D eigenvalue weighted by molar-refractivity contribution is 6.24. The molecule has 0 radical (unpaired) electrons. The number of benzene rings is 2. The predicted molar refractivity (Wildman–Crippen MR) is 103 cm³/mol. The molecule has 2 atom stereocenters. The third kappa shape index (κ3) is 4.02. The summed E-state index contributed by atoms with van der Waals surface area (Å²) in [6.45, 7) is 0.649. The molecule has 0 aromatic heterocycles. The fourth-order valence-corrected chi connectivity index (χ4v) is 4.06. The van der Waals surface area contributed by atoms with Gasteiger partial charge in [-0.05, 0) is 42.8 Å². The minimum atomic E-state index is -4.77. The lowest BCUT2D eigenvalue weighted by Crippen LogP contribution is -2.39. The van der Waals surface area contributed by atoms with Crippen molar-refractivity contribution in [3.05, 3.63) is 60.2 Å². The maximum atomic E-state index is 12.8. The molecule has 0 saturated carbocycles. The van der Waals surface area contributed by atoms with Gasteiger partial charge < -0.3 is 9.64 Å². The summed E-state index contributed by atoms with van der Waals surface area (Å²) in [6.07, 6.45) is -4.26. The standard InChI is InChI=1S/C20H17ClF3N3O3/c21-27(18(28)13-4-2-1-3-5-13)16-10-15-11-25(19(29)26(15)12-16)14-6-8-17(9-7-14)30-20(22,23)24/h1-9,15-16H,10-12H2/t15-,16+/m0/s1. The summed E-state index contributed by atoms with van der Waals surface area (Å²) in [7, 11) is 0. The second-order valence-corrected chi connectivity index (χ2v) is 7.48.